The van der Waals surface area contributed by atoms with Gasteiger partial charge in [0, 0.05) is 6.20 Å². The van der Waals surface area contributed by atoms with Crippen molar-refractivity contribution < 1.29 is 9.90 Å². The van der Waals surface area contributed by atoms with Crippen LogP contribution in [-0.4, -0.2) is 21.4 Å². The zero-order valence-corrected chi connectivity index (χ0v) is 6.77. The second-order valence-corrected chi connectivity index (χ2v) is 2.49. The fourth-order valence-corrected chi connectivity index (χ4v) is 0.872. The number of carbonyl (C=O) groups is 1. The zero-order chi connectivity index (χ0) is 9.03. The molecule has 0 aliphatic rings. The predicted octanol–water partition coefficient (Wildman–Crippen LogP) is 0.273. The number of aromatic nitrogens is 2. The number of hydrogen-bond acceptors (Lipinski definition) is 4. The van der Waals surface area contributed by atoms with E-state index < -0.39 is 5.60 Å². The largest absolute Gasteiger partial charge is 0.376 e. The summed E-state index contributed by atoms with van der Waals surface area (Å²) in [4.78, 5) is 18.0. The molecule has 1 unspecified atom stereocenters. The fraction of sp³-hybridized carbons (Fsp3) is 0.375. The third-order valence-electron chi connectivity index (χ3n) is 1.76. The lowest BCUT2D eigenvalue weighted by Gasteiger charge is -2.17. The molecule has 64 valence electrons. The van der Waals surface area contributed by atoms with E-state index in [0.717, 1.165) is 0 Å². The first-order valence-electron chi connectivity index (χ1n) is 3.68. The Kier molecular flexibility index (Phi) is 2.50. The van der Waals surface area contributed by atoms with E-state index in [9.17, 15) is 9.90 Å². The van der Waals surface area contributed by atoms with Crippen molar-refractivity contribution >= 4 is 6.29 Å². The van der Waals surface area contributed by atoms with E-state index in [4.69, 9.17) is 0 Å². The number of aliphatic hydroxyl groups is 1. The highest BCUT2D eigenvalue weighted by Gasteiger charge is 2.27. The molecule has 0 spiro atoms. The number of nitrogens with zero attached hydrogens (tertiary/aromatic N) is 2. The Morgan fingerprint density at radius 2 is 2.50 bits per heavy atom. The van der Waals surface area contributed by atoms with E-state index in [-0.39, 0.29) is 0 Å². The molecule has 0 aliphatic carbocycles. The van der Waals surface area contributed by atoms with Crippen LogP contribution in [0.5, 0.6) is 0 Å². The molecule has 0 aliphatic heterocycles. The molecule has 1 N–H and O–H groups in total. The van der Waals surface area contributed by atoms with Crippen LogP contribution in [0, 0.1) is 0 Å². The lowest BCUT2D eigenvalue weighted by Crippen LogP contribution is -2.27. The molecular weight excluding hydrogens is 156 g/mol. The first kappa shape index (κ1) is 8.80. The average molecular weight is 166 g/mol. The van der Waals surface area contributed by atoms with E-state index in [1.165, 1.54) is 18.6 Å². The van der Waals surface area contributed by atoms with Crippen LogP contribution in [0.1, 0.15) is 19.0 Å². The highest BCUT2D eigenvalue weighted by Crippen LogP contribution is 2.18. The minimum Gasteiger partial charge on any atom is -0.376 e. The standard InChI is InChI=1S/C8H10N2O2/c1-2-8(12,5-11)7-3-4-9-6-10-7/h3-6,12H,2H2,1H3. The maximum absolute atomic E-state index is 10.5. The van der Waals surface area contributed by atoms with Gasteiger partial charge in [0.05, 0.1) is 5.69 Å². The van der Waals surface area contributed by atoms with Crippen LogP contribution in [0.4, 0.5) is 0 Å². The summed E-state index contributed by atoms with van der Waals surface area (Å²) < 4.78 is 0. The van der Waals surface area contributed by atoms with E-state index >= 15 is 0 Å². The molecule has 1 aromatic heterocycles. The Balaban J connectivity index is 3.03. The first-order valence-corrected chi connectivity index (χ1v) is 3.68. The zero-order valence-electron chi connectivity index (χ0n) is 6.77. The number of rotatable bonds is 3. The highest BCUT2D eigenvalue weighted by molar-refractivity contribution is 5.64. The maximum Gasteiger partial charge on any atom is 0.161 e. The van der Waals surface area contributed by atoms with Crippen LogP contribution in [0.25, 0.3) is 0 Å². The minimum absolute atomic E-state index is 0.313. The number of carbonyl (C=O) groups excluding carboxylic acids is 1. The van der Waals surface area contributed by atoms with E-state index in [0.29, 0.717) is 18.4 Å². The van der Waals surface area contributed by atoms with Crippen LogP contribution in [0.15, 0.2) is 18.6 Å². The Hall–Kier alpha value is -1.29. The second kappa shape index (κ2) is 3.40. The van der Waals surface area contributed by atoms with Gasteiger partial charge in [-0.3, -0.25) is 4.79 Å². The van der Waals surface area contributed by atoms with Crippen molar-refractivity contribution in [3.8, 4) is 0 Å². The molecule has 0 fully saturated rings. The fourth-order valence-electron chi connectivity index (χ4n) is 0.872. The molecule has 1 heterocycles. The van der Waals surface area contributed by atoms with Gasteiger partial charge in [0.1, 0.15) is 6.33 Å². The van der Waals surface area contributed by atoms with Gasteiger partial charge in [-0.15, -0.1) is 0 Å². The molecule has 0 amide bonds. The van der Waals surface area contributed by atoms with Gasteiger partial charge < -0.3 is 5.11 Å². The smallest absolute Gasteiger partial charge is 0.161 e. The predicted molar refractivity (Wildman–Crippen MR) is 42.3 cm³/mol. The summed E-state index contributed by atoms with van der Waals surface area (Å²) in [6.45, 7) is 1.72. The molecule has 0 bridgehead atoms. The van der Waals surface area contributed by atoms with Gasteiger partial charge in [0.2, 0.25) is 0 Å². The van der Waals surface area contributed by atoms with Crippen molar-refractivity contribution in [1.82, 2.24) is 9.97 Å². The lowest BCUT2D eigenvalue weighted by molar-refractivity contribution is -0.125. The quantitative estimate of drug-likeness (QED) is 0.655. The van der Waals surface area contributed by atoms with Gasteiger partial charge in [-0.2, -0.15) is 0 Å². The van der Waals surface area contributed by atoms with Gasteiger partial charge in [0.25, 0.3) is 0 Å². The SMILES string of the molecule is CCC(O)(C=O)c1ccncn1. The van der Waals surface area contributed by atoms with Crippen molar-refractivity contribution in [2.24, 2.45) is 0 Å². The Morgan fingerprint density at radius 3 is 2.92 bits per heavy atom. The van der Waals surface area contributed by atoms with Crippen LogP contribution >= 0.6 is 0 Å². The van der Waals surface area contributed by atoms with Crippen molar-refractivity contribution in [2.75, 3.05) is 0 Å². The molecule has 0 radical (unpaired) electrons. The number of hydrogen-bond donors (Lipinski definition) is 1. The average Bonchev–Trinajstić information content (AvgIpc) is 2.18. The molecule has 0 aromatic carbocycles. The van der Waals surface area contributed by atoms with Gasteiger partial charge in [0.15, 0.2) is 11.9 Å². The Morgan fingerprint density at radius 1 is 1.75 bits per heavy atom. The van der Waals surface area contributed by atoms with Crippen molar-refractivity contribution in [3.05, 3.63) is 24.3 Å². The highest BCUT2D eigenvalue weighted by atomic mass is 16.3. The Bertz CT molecular complexity index is 263. The summed E-state index contributed by atoms with van der Waals surface area (Å²) in [6, 6.07) is 1.53. The summed E-state index contributed by atoms with van der Waals surface area (Å²) in [6.07, 6.45) is 3.61. The molecule has 1 atom stereocenters. The summed E-state index contributed by atoms with van der Waals surface area (Å²) in [5.41, 5.74) is -1.11. The van der Waals surface area contributed by atoms with Crippen LogP contribution in [-0.2, 0) is 10.4 Å². The minimum atomic E-state index is -1.46. The molecule has 1 rings (SSSR count). The summed E-state index contributed by atoms with van der Waals surface area (Å²) in [7, 11) is 0. The molecule has 4 nitrogen and oxygen atoms in total. The normalized spacial score (nSPS) is 15.2. The third-order valence-corrected chi connectivity index (χ3v) is 1.76. The Labute approximate surface area is 70.3 Å². The molecule has 12 heavy (non-hydrogen) atoms. The van der Waals surface area contributed by atoms with Crippen LogP contribution < -0.4 is 0 Å². The van der Waals surface area contributed by atoms with Gasteiger partial charge >= 0.3 is 0 Å². The molecular formula is C8H10N2O2. The molecule has 0 saturated carbocycles. The second-order valence-electron chi connectivity index (χ2n) is 2.49. The molecule has 0 saturated heterocycles. The lowest BCUT2D eigenvalue weighted by atomic mass is 9.98. The van der Waals surface area contributed by atoms with Gasteiger partial charge in [-0.05, 0) is 12.5 Å². The third kappa shape index (κ3) is 1.48. The van der Waals surface area contributed by atoms with Crippen molar-refractivity contribution in [1.29, 1.82) is 0 Å². The van der Waals surface area contributed by atoms with Gasteiger partial charge in [-0.25, -0.2) is 9.97 Å². The topological polar surface area (TPSA) is 63.1 Å². The summed E-state index contributed by atoms with van der Waals surface area (Å²) in [5, 5.41) is 9.64. The maximum atomic E-state index is 10.5. The van der Waals surface area contributed by atoms with Gasteiger partial charge in [-0.1, -0.05) is 6.92 Å². The first-order chi connectivity index (χ1) is 5.73. The monoisotopic (exact) mass is 166 g/mol. The van der Waals surface area contributed by atoms with E-state index in [2.05, 4.69) is 9.97 Å². The number of aldehydes is 1. The van der Waals surface area contributed by atoms with E-state index in [1.54, 1.807) is 6.92 Å². The molecule has 4 heteroatoms. The summed E-state index contributed by atoms with van der Waals surface area (Å²) in [5.74, 6) is 0. The summed E-state index contributed by atoms with van der Waals surface area (Å²) >= 11 is 0. The van der Waals surface area contributed by atoms with Crippen molar-refractivity contribution in [2.45, 2.75) is 18.9 Å². The molecule has 1 aromatic rings. The van der Waals surface area contributed by atoms with Crippen LogP contribution in [0.3, 0.4) is 0 Å². The van der Waals surface area contributed by atoms with E-state index in [1.807, 2.05) is 0 Å². The van der Waals surface area contributed by atoms with Crippen molar-refractivity contribution in [3.63, 3.8) is 0 Å². The van der Waals surface area contributed by atoms with Crippen LogP contribution in [0.2, 0.25) is 0 Å².